The minimum absolute atomic E-state index is 0.101. The molecular formula is C25H17F2N5O3. The molecule has 0 spiro atoms. The third kappa shape index (κ3) is 4.32. The molecule has 1 amide bonds. The second-order valence-corrected chi connectivity index (χ2v) is 7.62. The lowest BCUT2D eigenvalue weighted by atomic mass is 10.2. The van der Waals surface area contributed by atoms with Gasteiger partial charge in [-0.05, 0) is 60.7 Å². The lowest BCUT2D eigenvalue weighted by Gasteiger charge is -2.12. The molecule has 0 radical (unpaired) electrons. The van der Waals surface area contributed by atoms with Crippen molar-refractivity contribution in [1.82, 2.24) is 14.8 Å². The van der Waals surface area contributed by atoms with Gasteiger partial charge >= 0.3 is 0 Å². The lowest BCUT2D eigenvalue weighted by molar-refractivity contribution is 0.102. The molecule has 2 aromatic heterocycles. The summed E-state index contributed by atoms with van der Waals surface area (Å²) in [6, 6.07) is 15.2. The van der Waals surface area contributed by atoms with Crippen LogP contribution in [0.25, 0.3) is 16.6 Å². The normalized spacial score (nSPS) is 10.9. The van der Waals surface area contributed by atoms with Gasteiger partial charge in [-0.25, -0.2) is 8.78 Å². The van der Waals surface area contributed by atoms with E-state index in [1.807, 2.05) is 0 Å². The van der Waals surface area contributed by atoms with E-state index in [1.54, 1.807) is 18.3 Å². The van der Waals surface area contributed by atoms with Crippen LogP contribution in [0.2, 0.25) is 0 Å². The van der Waals surface area contributed by atoms with E-state index < -0.39 is 23.1 Å². The van der Waals surface area contributed by atoms with Crippen molar-refractivity contribution < 1.29 is 18.3 Å². The van der Waals surface area contributed by atoms with Crippen molar-refractivity contribution in [2.24, 2.45) is 0 Å². The predicted molar refractivity (Wildman–Crippen MR) is 127 cm³/mol. The van der Waals surface area contributed by atoms with Crippen molar-refractivity contribution in [2.75, 3.05) is 11.1 Å². The van der Waals surface area contributed by atoms with Crippen molar-refractivity contribution in [3.8, 4) is 17.2 Å². The van der Waals surface area contributed by atoms with Crippen LogP contribution in [0.15, 0.2) is 83.9 Å². The molecule has 0 saturated carbocycles. The number of nitrogens with one attached hydrogen (secondary N) is 2. The molecule has 5 rings (SSSR count). The van der Waals surface area contributed by atoms with Gasteiger partial charge in [0, 0.05) is 29.0 Å². The van der Waals surface area contributed by atoms with Gasteiger partial charge in [-0.15, -0.1) is 0 Å². The van der Waals surface area contributed by atoms with Gasteiger partial charge in [-0.2, -0.15) is 5.10 Å². The number of hydrogen-bond donors (Lipinski definition) is 3. The van der Waals surface area contributed by atoms with E-state index in [1.165, 1.54) is 59.3 Å². The topological polar surface area (TPSA) is 115 Å². The Balaban J connectivity index is 1.36. The molecule has 0 bridgehead atoms. The molecule has 0 aliphatic heterocycles. The lowest BCUT2D eigenvalue weighted by Crippen LogP contribution is -2.27. The number of nitrogens with two attached hydrogens (primary N) is 1. The number of rotatable bonds is 5. The van der Waals surface area contributed by atoms with Gasteiger partial charge in [0.25, 0.3) is 11.5 Å². The van der Waals surface area contributed by atoms with E-state index in [-0.39, 0.29) is 22.7 Å². The number of fused-ring (bicyclic) bond motifs is 1. The smallest absolute Gasteiger partial charge is 0.267 e. The second-order valence-electron chi connectivity index (χ2n) is 7.62. The third-order valence-corrected chi connectivity index (χ3v) is 5.28. The molecule has 0 aliphatic rings. The van der Waals surface area contributed by atoms with Crippen molar-refractivity contribution in [3.63, 3.8) is 0 Å². The zero-order chi connectivity index (χ0) is 24.5. The van der Waals surface area contributed by atoms with E-state index in [9.17, 15) is 18.4 Å². The maximum atomic E-state index is 14.7. The number of carbonyl (C=O) groups excluding carboxylic acids is 1. The number of nitrogen functional groups attached to an aromatic ring is 1. The van der Waals surface area contributed by atoms with Gasteiger partial charge in [0.05, 0.1) is 17.4 Å². The summed E-state index contributed by atoms with van der Waals surface area (Å²) < 4.78 is 34.8. The van der Waals surface area contributed by atoms with Crippen LogP contribution in [-0.2, 0) is 0 Å². The number of halogens is 2. The number of anilines is 2. The highest BCUT2D eigenvalue weighted by Crippen LogP contribution is 2.33. The van der Waals surface area contributed by atoms with Gasteiger partial charge in [0.1, 0.15) is 11.4 Å². The molecule has 35 heavy (non-hydrogen) atoms. The Hall–Kier alpha value is -4.99. The van der Waals surface area contributed by atoms with Crippen molar-refractivity contribution >= 4 is 28.2 Å². The van der Waals surface area contributed by atoms with Crippen LogP contribution in [0.5, 0.6) is 11.5 Å². The van der Waals surface area contributed by atoms with E-state index in [0.29, 0.717) is 16.9 Å². The van der Waals surface area contributed by atoms with E-state index >= 15 is 0 Å². The summed E-state index contributed by atoms with van der Waals surface area (Å²) in [4.78, 5) is 25.6. The van der Waals surface area contributed by atoms with Crippen LogP contribution in [0.4, 0.5) is 20.2 Å². The third-order valence-electron chi connectivity index (χ3n) is 5.28. The average Bonchev–Trinajstić information content (AvgIpc) is 3.29. The average molecular weight is 473 g/mol. The summed E-state index contributed by atoms with van der Waals surface area (Å²) in [6.45, 7) is 0. The number of benzene rings is 3. The van der Waals surface area contributed by atoms with Crippen LogP contribution in [0.1, 0.15) is 10.4 Å². The number of aromatic nitrogens is 3. The fraction of sp³-hybridized carbons (Fsp3) is 0. The Bertz CT molecular complexity index is 1630. The Morgan fingerprint density at radius 2 is 1.83 bits per heavy atom. The first-order valence-electron chi connectivity index (χ1n) is 10.4. The highest BCUT2D eigenvalue weighted by Gasteiger charge is 2.15. The molecule has 0 atom stereocenters. The van der Waals surface area contributed by atoms with E-state index in [2.05, 4.69) is 15.5 Å². The Kier molecular flexibility index (Phi) is 5.46. The van der Waals surface area contributed by atoms with Crippen molar-refractivity contribution in [3.05, 3.63) is 107 Å². The first-order chi connectivity index (χ1) is 16.9. The molecule has 174 valence electrons. The number of aromatic amines is 1. The standard InChI is InChI=1S/C25H17F2N5O3/c26-15-3-6-17(7-4-15)32-9-1-2-18(25(32)34)24(33)30-16-5-8-22(19(27)11-16)35-23-10-14-13-29-31-21(14)12-20(23)28/h1-13H,28H2,(H,29,31)(H,30,33). The maximum Gasteiger partial charge on any atom is 0.267 e. The molecule has 4 N–H and O–H groups in total. The molecule has 3 aromatic carbocycles. The van der Waals surface area contributed by atoms with E-state index in [0.717, 1.165) is 11.5 Å². The SMILES string of the molecule is Nc1cc2[nH]ncc2cc1Oc1ccc(NC(=O)c2cccn(-c3ccc(F)cc3)c2=O)cc1F. The monoisotopic (exact) mass is 473 g/mol. The van der Waals surface area contributed by atoms with Gasteiger partial charge in [0.15, 0.2) is 17.3 Å². The first kappa shape index (κ1) is 21.8. The van der Waals surface area contributed by atoms with Crippen LogP contribution in [0, 0.1) is 11.6 Å². The van der Waals surface area contributed by atoms with Crippen LogP contribution >= 0.6 is 0 Å². The first-order valence-corrected chi connectivity index (χ1v) is 10.4. The molecule has 10 heteroatoms. The molecule has 0 saturated heterocycles. The van der Waals surface area contributed by atoms with E-state index in [4.69, 9.17) is 10.5 Å². The van der Waals surface area contributed by atoms with Crippen molar-refractivity contribution in [2.45, 2.75) is 0 Å². The summed E-state index contributed by atoms with van der Waals surface area (Å²) in [5.74, 6) is -1.77. The number of amides is 1. The van der Waals surface area contributed by atoms with Crippen molar-refractivity contribution in [1.29, 1.82) is 0 Å². The Morgan fingerprint density at radius 3 is 2.60 bits per heavy atom. The highest BCUT2D eigenvalue weighted by atomic mass is 19.1. The minimum Gasteiger partial charge on any atom is -0.452 e. The quantitative estimate of drug-likeness (QED) is 0.322. The summed E-state index contributed by atoms with van der Waals surface area (Å²) in [5, 5.41) is 9.95. The van der Waals surface area contributed by atoms with Gasteiger partial charge in [-0.3, -0.25) is 19.3 Å². The largest absolute Gasteiger partial charge is 0.452 e. The number of H-pyrrole nitrogens is 1. The maximum absolute atomic E-state index is 14.7. The Labute approximate surface area is 196 Å². The molecule has 5 aromatic rings. The Morgan fingerprint density at radius 1 is 1.03 bits per heavy atom. The number of carbonyl (C=O) groups is 1. The van der Waals surface area contributed by atoms with Crippen LogP contribution < -0.4 is 21.3 Å². The predicted octanol–water partition coefficient (Wildman–Crippen LogP) is 4.62. The molecule has 2 heterocycles. The fourth-order valence-electron chi connectivity index (χ4n) is 3.53. The zero-order valence-electron chi connectivity index (χ0n) is 18.0. The number of nitrogens with zero attached hydrogens (tertiary/aromatic N) is 2. The molecule has 0 unspecified atom stereocenters. The summed E-state index contributed by atoms with van der Waals surface area (Å²) in [5.41, 5.74) is 6.72. The molecular weight excluding hydrogens is 456 g/mol. The van der Waals surface area contributed by atoms with Gasteiger partial charge in [-0.1, -0.05) is 0 Å². The minimum atomic E-state index is -0.744. The van der Waals surface area contributed by atoms with Crippen LogP contribution in [-0.4, -0.2) is 20.7 Å². The number of ether oxygens (including phenoxy) is 1. The fourth-order valence-corrected chi connectivity index (χ4v) is 3.53. The van der Waals surface area contributed by atoms with Gasteiger partial charge < -0.3 is 15.8 Å². The summed E-state index contributed by atoms with van der Waals surface area (Å²) in [6.07, 6.45) is 3.05. The van der Waals surface area contributed by atoms with Crippen LogP contribution in [0.3, 0.4) is 0 Å². The zero-order valence-corrected chi connectivity index (χ0v) is 18.0. The molecule has 8 nitrogen and oxygen atoms in total. The number of pyridine rings is 1. The second kappa shape index (κ2) is 8.75. The summed E-state index contributed by atoms with van der Waals surface area (Å²) >= 11 is 0. The number of hydrogen-bond acceptors (Lipinski definition) is 5. The highest BCUT2D eigenvalue weighted by molar-refractivity contribution is 6.04. The van der Waals surface area contributed by atoms with Gasteiger partial charge in [0.2, 0.25) is 0 Å². The summed E-state index contributed by atoms with van der Waals surface area (Å²) in [7, 11) is 0. The molecule has 0 aliphatic carbocycles. The molecule has 0 fully saturated rings.